The van der Waals surface area contributed by atoms with E-state index in [2.05, 4.69) is 10.0 Å². The first-order valence-electron chi connectivity index (χ1n) is 8.45. The van der Waals surface area contributed by atoms with Gasteiger partial charge >= 0.3 is 11.9 Å². The van der Waals surface area contributed by atoms with Gasteiger partial charge in [0.1, 0.15) is 24.0 Å². The minimum Gasteiger partial charge on any atom is -0.463 e. The lowest BCUT2D eigenvalue weighted by molar-refractivity contribution is -0.176. The van der Waals surface area contributed by atoms with Gasteiger partial charge in [-0.25, -0.2) is 4.39 Å². The fourth-order valence-electron chi connectivity index (χ4n) is 2.81. The van der Waals surface area contributed by atoms with Crippen molar-refractivity contribution in [1.29, 1.82) is 0 Å². The summed E-state index contributed by atoms with van der Waals surface area (Å²) >= 11 is 12.7. The largest absolute Gasteiger partial charge is 0.463 e. The Morgan fingerprint density at radius 3 is 2.55 bits per heavy atom. The summed E-state index contributed by atoms with van der Waals surface area (Å²) in [6.07, 6.45) is -1.68. The van der Waals surface area contributed by atoms with Crippen LogP contribution in [0.2, 0.25) is 10.0 Å². The Hall–Kier alpha value is -1.71. The van der Waals surface area contributed by atoms with Crippen LogP contribution in [0.15, 0.2) is 22.1 Å². The number of carbonyl (C=O) groups is 2. The number of hydrogen-bond acceptors (Lipinski definition) is 7. The first-order chi connectivity index (χ1) is 13.6. The van der Waals surface area contributed by atoms with Crippen molar-refractivity contribution in [2.75, 3.05) is 6.61 Å². The van der Waals surface area contributed by atoms with E-state index in [9.17, 15) is 14.0 Å². The molecule has 2 rings (SSSR count). The number of ether oxygens (including phenoxy) is 3. The third-order valence-electron chi connectivity index (χ3n) is 4.19. The molecule has 12 heteroatoms. The van der Waals surface area contributed by atoms with Crippen LogP contribution in [-0.4, -0.2) is 42.2 Å². The van der Waals surface area contributed by atoms with Crippen molar-refractivity contribution in [2.45, 2.75) is 49.4 Å². The summed E-state index contributed by atoms with van der Waals surface area (Å²) in [6, 6.07) is 1.54. The van der Waals surface area contributed by atoms with E-state index in [1.807, 2.05) is 0 Å². The van der Waals surface area contributed by atoms with Gasteiger partial charge in [-0.15, -0.1) is 0 Å². The summed E-state index contributed by atoms with van der Waals surface area (Å²) in [5.74, 6) is -2.24. The first-order valence-corrected chi connectivity index (χ1v) is 10.1. The van der Waals surface area contributed by atoms with Gasteiger partial charge in [-0.2, -0.15) is 0 Å². The smallest absolute Gasteiger partial charge is 0.303 e. The molecule has 5 atom stereocenters. The van der Waals surface area contributed by atoms with Crippen molar-refractivity contribution in [3.05, 3.63) is 38.4 Å². The van der Waals surface area contributed by atoms with Crippen LogP contribution < -0.4 is 0 Å². The van der Waals surface area contributed by atoms with Crippen LogP contribution >= 0.6 is 35.0 Å². The average molecular weight is 466 g/mol. The number of esters is 2. The average Bonchev–Trinajstić information content (AvgIpc) is 2.63. The highest BCUT2D eigenvalue weighted by atomic mass is 35.5. The summed E-state index contributed by atoms with van der Waals surface area (Å²) < 4.78 is 30.7. The third kappa shape index (κ3) is 6.13. The van der Waals surface area contributed by atoms with Crippen molar-refractivity contribution in [3.8, 4) is 0 Å². The molecule has 1 saturated heterocycles. The van der Waals surface area contributed by atoms with Crippen molar-refractivity contribution in [2.24, 2.45) is 11.0 Å². The molecule has 0 bridgehead atoms. The molecule has 0 amide bonds. The van der Waals surface area contributed by atoms with E-state index in [0.29, 0.717) is 0 Å². The highest BCUT2D eigenvalue weighted by Gasteiger charge is 2.46. The molecule has 1 aromatic rings. The topological polar surface area (TPSA) is 111 Å². The molecule has 1 heterocycles. The third-order valence-corrected chi connectivity index (χ3v) is 6.10. The zero-order valence-electron chi connectivity index (χ0n) is 15.7. The van der Waals surface area contributed by atoms with Crippen molar-refractivity contribution >= 4 is 46.9 Å². The molecule has 0 saturated carbocycles. The summed E-state index contributed by atoms with van der Waals surface area (Å²) in [5.41, 5.74) is 8.01. The van der Waals surface area contributed by atoms with Crippen LogP contribution in [0.1, 0.15) is 20.8 Å². The minimum absolute atomic E-state index is 0.0444. The molecule has 1 aliphatic heterocycles. The van der Waals surface area contributed by atoms with Crippen LogP contribution in [0, 0.1) is 11.7 Å². The molecule has 0 aromatic heterocycles. The number of carbonyl (C=O) groups excluding carboxylic acids is 2. The second kappa shape index (κ2) is 10.4. The van der Waals surface area contributed by atoms with Crippen LogP contribution in [0.5, 0.6) is 0 Å². The van der Waals surface area contributed by atoms with Gasteiger partial charge < -0.3 is 14.2 Å². The summed E-state index contributed by atoms with van der Waals surface area (Å²) in [5, 5.41) is 3.93. The Labute approximate surface area is 180 Å². The number of thioether (sulfide) groups is 1. The monoisotopic (exact) mass is 465 g/mol. The Bertz CT molecular complexity index is 840. The minimum atomic E-state index is -1.01. The van der Waals surface area contributed by atoms with Crippen molar-refractivity contribution in [3.63, 3.8) is 0 Å². The lowest BCUT2D eigenvalue weighted by Crippen LogP contribution is -2.54. The van der Waals surface area contributed by atoms with Gasteiger partial charge in [0.25, 0.3) is 0 Å². The molecule has 158 valence electrons. The van der Waals surface area contributed by atoms with Crippen LogP contribution in [0.4, 0.5) is 4.39 Å². The van der Waals surface area contributed by atoms with Crippen LogP contribution in [0.25, 0.3) is 10.4 Å². The maximum atomic E-state index is 14.4. The molecule has 1 aromatic carbocycles. The number of nitrogens with zero attached hydrogens (tertiary/aromatic N) is 3. The quantitative estimate of drug-likeness (QED) is 0.197. The van der Waals surface area contributed by atoms with E-state index in [1.165, 1.54) is 19.9 Å². The van der Waals surface area contributed by atoms with Crippen molar-refractivity contribution in [1.82, 2.24) is 0 Å². The molecule has 1 aliphatic rings. The van der Waals surface area contributed by atoms with Gasteiger partial charge in [0, 0.05) is 23.7 Å². The summed E-state index contributed by atoms with van der Waals surface area (Å²) in [6.45, 7) is 4.05. The summed E-state index contributed by atoms with van der Waals surface area (Å²) in [4.78, 5) is 25.7. The fraction of sp³-hybridized carbons (Fsp3) is 0.529. The molecule has 2 unspecified atom stereocenters. The van der Waals surface area contributed by atoms with Gasteiger partial charge in [-0.1, -0.05) is 47.0 Å². The lowest BCUT2D eigenvalue weighted by Gasteiger charge is -2.43. The Morgan fingerprint density at radius 2 is 1.97 bits per heavy atom. The standard InChI is InChI=1S/C17H18Cl2FN3O5S/c1-7-13(6-26-8(2)24)28-17(16(27-9(3)25)15(7)22-23-21)29-14-5-11(19)10(18)4-12(14)20/h4-5,7,13,15-17H,6H2,1-3H3/t7-,13?,15?,16-,17+/m0/s1. The van der Waals surface area contributed by atoms with Crippen LogP contribution in [0.3, 0.4) is 0 Å². The predicted molar refractivity (Wildman–Crippen MR) is 105 cm³/mol. The number of halogens is 3. The second-order valence-electron chi connectivity index (χ2n) is 6.29. The highest BCUT2D eigenvalue weighted by molar-refractivity contribution is 7.99. The molecule has 0 spiro atoms. The predicted octanol–water partition coefficient (Wildman–Crippen LogP) is 4.76. The van der Waals surface area contributed by atoms with E-state index in [-0.39, 0.29) is 21.5 Å². The van der Waals surface area contributed by atoms with E-state index in [0.717, 1.165) is 17.8 Å². The molecule has 0 radical (unpaired) electrons. The number of rotatable bonds is 6. The maximum absolute atomic E-state index is 14.4. The second-order valence-corrected chi connectivity index (χ2v) is 8.24. The molecular formula is C17H18Cl2FN3O5S. The van der Waals surface area contributed by atoms with Gasteiger partial charge in [-0.3, -0.25) is 9.59 Å². The zero-order chi connectivity index (χ0) is 21.7. The molecule has 8 nitrogen and oxygen atoms in total. The maximum Gasteiger partial charge on any atom is 0.303 e. The zero-order valence-corrected chi connectivity index (χ0v) is 18.0. The molecular weight excluding hydrogens is 448 g/mol. The van der Waals surface area contributed by atoms with Gasteiger partial charge in [-0.05, 0) is 23.6 Å². The Balaban J connectivity index is 2.39. The molecule has 0 N–H and O–H groups in total. The van der Waals surface area contributed by atoms with Gasteiger partial charge in [0.2, 0.25) is 0 Å². The fourth-order valence-corrected chi connectivity index (χ4v) is 4.34. The van der Waals surface area contributed by atoms with Crippen LogP contribution in [-0.2, 0) is 23.8 Å². The first kappa shape index (κ1) is 23.6. The molecule has 29 heavy (non-hydrogen) atoms. The Kier molecular flexibility index (Phi) is 8.42. The van der Waals surface area contributed by atoms with Gasteiger partial charge in [0.15, 0.2) is 0 Å². The Morgan fingerprint density at radius 1 is 1.31 bits per heavy atom. The summed E-state index contributed by atoms with van der Waals surface area (Å²) in [7, 11) is 0. The number of benzene rings is 1. The van der Waals surface area contributed by atoms with Gasteiger partial charge in [0.05, 0.1) is 22.2 Å². The van der Waals surface area contributed by atoms with E-state index in [1.54, 1.807) is 6.92 Å². The van der Waals surface area contributed by atoms with Crippen molar-refractivity contribution < 1.29 is 28.2 Å². The highest BCUT2D eigenvalue weighted by Crippen LogP contribution is 2.41. The normalized spacial score (nSPS) is 26.3. The SMILES string of the molecule is CC(=O)OCC1O[C@H](Sc2cc(Cl)c(Cl)cc2F)[C@@H](OC(C)=O)C(N=[N+]=[N-])[C@H]1C. The lowest BCUT2D eigenvalue weighted by atomic mass is 9.89. The molecule has 1 fully saturated rings. The number of azide groups is 1. The van der Waals surface area contributed by atoms with E-state index < -0.39 is 47.4 Å². The van der Waals surface area contributed by atoms with E-state index in [4.69, 9.17) is 42.9 Å². The van der Waals surface area contributed by atoms with E-state index >= 15 is 0 Å². The number of hydrogen-bond donors (Lipinski definition) is 0. The molecule has 0 aliphatic carbocycles.